The molecule has 1 amide bonds. The summed E-state index contributed by atoms with van der Waals surface area (Å²) in [7, 11) is 0. The monoisotopic (exact) mass is 261 g/mol. The van der Waals surface area contributed by atoms with E-state index in [9.17, 15) is 14.3 Å². The summed E-state index contributed by atoms with van der Waals surface area (Å²) >= 11 is 0. The average Bonchev–Trinajstić information content (AvgIpc) is 2.32. The van der Waals surface area contributed by atoms with E-state index in [4.69, 9.17) is 0 Å². The predicted molar refractivity (Wildman–Crippen MR) is 67.7 cm³/mol. The summed E-state index contributed by atoms with van der Waals surface area (Å²) in [6, 6.07) is 7.88. The van der Waals surface area contributed by atoms with E-state index in [1.807, 2.05) is 18.2 Å². The highest BCUT2D eigenvalue weighted by molar-refractivity contribution is 5.67. The van der Waals surface area contributed by atoms with Crippen molar-refractivity contribution < 1.29 is 14.3 Å². The molecule has 19 heavy (non-hydrogen) atoms. The Balaban J connectivity index is 1.77. The van der Waals surface area contributed by atoms with Crippen LogP contribution in [0, 0.1) is 5.41 Å². The molecule has 3 aliphatic carbocycles. The minimum atomic E-state index is -0.990. The average molecular weight is 261 g/mol. The van der Waals surface area contributed by atoms with E-state index in [1.54, 1.807) is 0 Å². The maximum Gasteiger partial charge on any atom is 0.407 e. The first kappa shape index (κ1) is 11.3. The molecule has 100 valence electrons. The molecule has 4 aliphatic rings. The van der Waals surface area contributed by atoms with Gasteiger partial charge in [-0.05, 0) is 36.8 Å². The first-order chi connectivity index (χ1) is 9.03. The van der Waals surface area contributed by atoms with Gasteiger partial charge in [-0.2, -0.15) is 0 Å². The maximum absolute atomic E-state index is 13.8. The lowest BCUT2D eigenvalue weighted by Gasteiger charge is -2.70. The van der Waals surface area contributed by atoms with Crippen molar-refractivity contribution in [1.29, 1.82) is 0 Å². The van der Waals surface area contributed by atoms with E-state index >= 15 is 0 Å². The minimum absolute atomic E-state index is 0.135. The summed E-state index contributed by atoms with van der Waals surface area (Å²) in [5.74, 6) is 0. The Morgan fingerprint density at radius 3 is 2.63 bits per heavy atom. The fourth-order valence-corrected chi connectivity index (χ4v) is 4.46. The molecule has 2 bridgehead atoms. The van der Waals surface area contributed by atoms with Gasteiger partial charge in [-0.3, -0.25) is 0 Å². The van der Waals surface area contributed by atoms with E-state index < -0.39 is 11.8 Å². The van der Waals surface area contributed by atoms with E-state index in [0.29, 0.717) is 25.8 Å². The van der Waals surface area contributed by atoms with Crippen molar-refractivity contribution in [2.24, 2.45) is 5.41 Å². The molecule has 0 spiro atoms. The molecule has 1 N–H and O–H groups in total. The fraction of sp³-hybridized carbons (Fsp3) is 0.533. The first-order valence-corrected chi connectivity index (χ1v) is 6.79. The van der Waals surface area contributed by atoms with E-state index in [1.165, 1.54) is 10.5 Å². The van der Waals surface area contributed by atoms with Crippen LogP contribution in [0.1, 0.15) is 36.4 Å². The Morgan fingerprint density at radius 2 is 2.00 bits per heavy atom. The fourth-order valence-electron chi connectivity index (χ4n) is 4.46. The molecule has 5 rings (SSSR count). The number of halogens is 1. The highest BCUT2D eigenvalue weighted by Gasteiger charge is 2.73. The number of fused-ring (bicyclic) bond motifs is 1. The molecule has 3 nitrogen and oxygen atoms in total. The standard InChI is InChI=1S/C15H16FNO2/c16-15-7-14(8-15,9-15)12-11-4-2-1-3-10(11)5-6-17(12)13(18)19/h1-4,12H,5-9H2,(H,18,19)/t12-,14?,15?/m1/s1. The van der Waals surface area contributed by atoms with Crippen LogP contribution >= 0.6 is 0 Å². The van der Waals surface area contributed by atoms with Gasteiger partial charge in [0.2, 0.25) is 0 Å². The number of carboxylic acid groups (broad SMARTS) is 1. The van der Waals surface area contributed by atoms with Crippen molar-refractivity contribution in [3.05, 3.63) is 35.4 Å². The summed E-state index contributed by atoms with van der Waals surface area (Å²) in [6.07, 6.45) is 1.47. The van der Waals surface area contributed by atoms with Gasteiger partial charge in [0.1, 0.15) is 5.67 Å². The van der Waals surface area contributed by atoms with Crippen LogP contribution in [0.25, 0.3) is 0 Å². The number of carbonyl (C=O) groups is 1. The van der Waals surface area contributed by atoms with Crippen LogP contribution in [0.3, 0.4) is 0 Å². The van der Waals surface area contributed by atoms with E-state index in [0.717, 1.165) is 12.0 Å². The molecule has 0 unspecified atom stereocenters. The molecule has 3 fully saturated rings. The second-order valence-electron chi connectivity index (χ2n) is 6.37. The quantitative estimate of drug-likeness (QED) is 0.843. The summed E-state index contributed by atoms with van der Waals surface area (Å²) in [5.41, 5.74) is 1.20. The molecule has 0 radical (unpaired) electrons. The number of hydrogen-bond donors (Lipinski definition) is 1. The highest BCUT2D eigenvalue weighted by Crippen LogP contribution is 2.75. The molecule has 0 saturated heterocycles. The predicted octanol–water partition coefficient (Wildman–Crippen LogP) is 3.16. The lowest BCUT2D eigenvalue weighted by molar-refractivity contribution is -0.245. The molecular formula is C15H16FNO2. The number of alkyl halides is 1. The molecule has 1 aliphatic heterocycles. The van der Waals surface area contributed by atoms with Gasteiger partial charge in [-0.15, -0.1) is 0 Å². The van der Waals surface area contributed by atoms with Gasteiger partial charge in [-0.25, -0.2) is 9.18 Å². The van der Waals surface area contributed by atoms with Crippen molar-refractivity contribution in [3.63, 3.8) is 0 Å². The van der Waals surface area contributed by atoms with E-state index in [2.05, 4.69) is 6.07 Å². The van der Waals surface area contributed by atoms with Crippen molar-refractivity contribution in [3.8, 4) is 0 Å². The van der Waals surface area contributed by atoms with Crippen LogP contribution < -0.4 is 0 Å². The lowest BCUT2D eigenvalue weighted by Crippen LogP contribution is -2.69. The van der Waals surface area contributed by atoms with Crippen LogP contribution in [-0.2, 0) is 6.42 Å². The topological polar surface area (TPSA) is 40.5 Å². The summed E-state index contributed by atoms with van der Waals surface area (Å²) < 4.78 is 13.8. The minimum Gasteiger partial charge on any atom is -0.465 e. The highest BCUT2D eigenvalue weighted by atomic mass is 19.1. The largest absolute Gasteiger partial charge is 0.465 e. The molecule has 0 aromatic heterocycles. The molecular weight excluding hydrogens is 245 g/mol. The smallest absolute Gasteiger partial charge is 0.407 e. The van der Waals surface area contributed by atoms with Crippen LogP contribution in [0.15, 0.2) is 24.3 Å². The summed E-state index contributed by atoms with van der Waals surface area (Å²) in [6.45, 7) is 0.526. The molecule has 4 heteroatoms. The molecule has 1 heterocycles. The van der Waals surface area contributed by atoms with Crippen molar-refractivity contribution in [2.45, 2.75) is 37.4 Å². The zero-order valence-electron chi connectivity index (χ0n) is 10.6. The summed E-state index contributed by atoms with van der Waals surface area (Å²) in [5, 5.41) is 9.43. The third kappa shape index (κ3) is 1.34. The van der Waals surface area contributed by atoms with Crippen LogP contribution in [0.4, 0.5) is 9.18 Å². The summed E-state index contributed by atoms with van der Waals surface area (Å²) in [4.78, 5) is 13.0. The number of hydrogen-bond acceptors (Lipinski definition) is 1. The third-order valence-corrected chi connectivity index (χ3v) is 5.12. The van der Waals surface area contributed by atoms with Crippen molar-refractivity contribution >= 4 is 6.09 Å². The second-order valence-corrected chi connectivity index (χ2v) is 6.37. The zero-order chi connectivity index (χ0) is 13.3. The van der Waals surface area contributed by atoms with Crippen molar-refractivity contribution in [1.82, 2.24) is 4.90 Å². The first-order valence-electron chi connectivity index (χ1n) is 6.79. The van der Waals surface area contributed by atoms with Crippen LogP contribution in [0.5, 0.6) is 0 Å². The van der Waals surface area contributed by atoms with Gasteiger partial charge in [0.25, 0.3) is 0 Å². The van der Waals surface area contributed by atoms with Gasteiger partial charge in [0.15, 0.2) is 0 Å². The molecule has 1 atom stereocenters. The van der Waals surface area contributed by atoms with Gasteiger partial charge in [0, 0.05) is 12.0 Å². The van der Waals surface area contributed by atoms with E-state index in [-0.39, 0.29) is 11.5 Å². The second kappa shape index (κ2) is 3.30. The number of rotatable bonds is 1. The van der Waals surface area contributed by atoms with Crippen molar-refractivity contribution in [2.75, 3.05) is 6.54 Å². The zero-order valence-corrected chi connectivity index (χ0v) is 10.6. The number of amides is 1. The normalized spacial score (nSPS) is 39.0. The number of nitrogens with zero attached hydrogens (tertiary/aromatic N) is 1. The van der Waals surface area contributed by atoms with Crippen LogP contribution in [-0.4, -0.2) is 28.3 Å². The Kier molecular flexibility index (Phi) is 1.95. The molecule has 1 aromatic rings. The van der Waals surface area contributed by atoms with Gasteiger partial charge in [-0.1, -0.05) is 24.3 Å². The Labute approximate surface area is 111 Å². The molecule has 3 saturated carbocycles. The van der Waals surface area contributed by atoms with Gasteiger partial charge < -0.3 is 10.0 Å². The Hall–Kier alpha value is -1.58. The molecule has 1 aromatic carbocycles. The van der Waals surface area contributed by atoms with Gasteiger partial charge in [0.05, 0.1) is 6.04 Å². The lowest BCUT2D eigenvalue weighted by atomic mass is 9.38. The maximum atomic E-state index is 13.8. The SMILES string of the molecule is O=C(O)N1CCc2ccccc2[C@@H]1C12CC(F)(C1)C2. The number of benzene rings is 1. The third-order valence-electron chi connectivity index (χ3n) is 5.12. The van der Waals surface area contributed by atoms with Gasteiger partial charge >= 0.3 is 6.09 Å². The Bertz CT molecular complexity index is 551. The van der Waals surface area contributed by atoms with Crippen LogP contribution in [0.2, 0.25) is 0 Å². The Morgan fingerprint density at radius 1 is 1.32 bits per heavy atom.